The summed E-state index contributed by atoms with van der Waals surface area (Å²) in [6.45, 7) is 11.5. The molecular weight excluding hydrogens is 134 g/mol. The Labute approximate surface area is 70.9 Å². The summed E-state index contributed by atoms with van der Waals surface area (Å²) in [6.07, 6.45) is 4.33. The highest BCUT2D eigenvalue weighted by Crippen LogP contribution is 2.08. The zero-order valence-corrected chi connectivity index (χ0v) is 8.06. The highest BCUT2D eigenvalue weighted by atomic mass is 14.9. The first kappa shape index (κ1) is 10.7. The maximum Gasteiger partial charge on any atom is 0.00928 e. The zero-order chi connectivity index (χ0) is 8.69. The van der Waals surface area contributed by atoms with Gasteiger partial charge in [-0.2, -0.15) is 0 Å². The predicted octanol–water partition coefficient (Wildman–Crippen LogP) is 2.59. The third-order valence-electron chi connectivity index (χ3n) is 1.95. The minimum atomic E-state index is 0.665. The maximum absolute atomic E-state index is 3.72. The van der Waals surface area contributed by atoms with Crippen LogP contribution in [0.25, 0.3) is 0 Å². The summed E-state index contributed by atoms with van der Waals surface area (Å²) in [5.41, 5.74) is 0. The van der Waals surface area contributed by atoms with Gasteiger partial charge in [-0.1, -0.05) is 26.8 Å². The predicted molar refractivity (Wildman–Crippen MR) is 51.7 cm³/mol. The Morgan fingerprint density at radius 3 is 2.45 bits per heavy atom. The van der Waals surface area contributed by atoms with Crippen molar-refractivity contribution < 1.29 is 0 Å². The van der Waals surface area contributed by atoms with Gasteiger partial charge in [-0.3, -0.25) is 0 Å². The molecule has 0 rings (SSSR count). The third-order valence-corrected chi connectivity index (χ3v) is 1.95. The van der Waals surface area contributed by atoms with Crippen LogP contribution in [-0.2, 0) is 0 Å². The molecule has 0 aromatic carbocycles. The van der Waals surface area contributed by atoms with E-state index >= 15 is 0 Å². The molecule has 0 radical (unpaired) electrons. The van der Waals surface area contributed by atoms with Gasteiger partial charge in [-0.15, -0.1) is 6.58 Å². The van der Waals surface area contributed by atoms with Crippen LogP contribution in [0.15, 0.2) is 12.7 Å². The van der Waals surface area contributed by atoms with E-state index in [1.807, 2.05) is 6.08 Å². The average molecular weight is 155 g/mol. The van der Waals surface area contributed by atoms with Crippen LogP contribution in [0.1, 0.15) is 33.6 Å². The number of hydrogen-bond acceptors (Lipinski definition) is 1. The number of rotatable bonds is 6. The van der Waals surface area contributed by atoms with Crippen molar-refractivity contribution in [1.82, 2.24) is 5.32 Å². The monoisotopic (exact) mass is 155 g/mol. The molecule has 0 aromatic rings. The molecule has 1 unspecified atom stereocenters. The first-order valence-corrected chi connectivity index (χ1v) is 4.56. The van der Waals surface area contributed by atoms with Crippen molar-refractivity contribution in [2.75, 3.05) is 6.54 Å². The van der Waals surface area contributed by atoms with Crippen LogP contribution in [0.2, 0.25) is 0 Å². The van der Waals surface area contributed by atoms with Gasteiger partial charge in [0.05, 0.1) is 0 Å². The molecule has 0 bridgehead atoms. The normalized spacial score (nSPS) is 13.5. The highest BCUT2D eigenvalue weighted by molar-refractivity contribution is 4.75. The Bertz CT molecular complexity index is 97.0. The molecule has 0 amide bonds. The van der Waals surface area contributed by atoms with Gasteiger partial charge in [0.1, 0.15) is 0 Å². The van der Waals surface area contributed by atoms with E-state index < -0.39 is 0 Å². The van der Waals surface area contributed by atoms with Crippen LogP contribution in [0, 0.1) is 5.92 Å². The Balaban J connectivity index is 3.59. The fraction of sp³-hybridized carbons (Fsp3) is 0.800. The lowest BCUT2D eigenvalue weighted by Gasteiger charge is -2.20. The quantitative estimate of drug-likeness (QED) is 0.581. The van der Waals surface area contributed by atoms with Gasteiger partial charge >= 0.3 is 0 Å². The van der Waals surface area contributed by atoms with Gasteiger partial charge in [0.2, 0.25) is 0 Å². The molecule has 1 N–H and O–H groups in total. The highest BCUT2D eigenvalue weighted by Gasteiger charge is 2.09. The largest absolute Gasteiger partial charge is 0.314 e. The smallest absolute Gasteiger partial charge is 0.00928 e. The zero-order valence-electron chi connectivity index (χ0n) is 8.06. The van der Waals surface area contributed by atoms with Crippen molar-refractivity contribution in [1.29, 1.82) is 0 Å². The second-order valence-corrected chi connectivity index (χ2v) is 3.27. The van der Waals surface area contributed by atoms with E-state index in [4.69, 9.17) is 0 Å². The SMILES string of the molecule is C=CCCC(NCC)C(C)C. The van der Waals surface area contributed by atoms with E-state index in [1.165, 1.54) is 6.42 Å². The molecule has 1 heteroatoms. The minimum Gasteiger partial charge on any atom is -0.314 e. The summed E-state index contributed by atoms with van der Waals surface area (Å²) >= 11 is 0. The van der Waals surface area contributed by atoms with Crippen LogP contribution in [0.4, 0.5) is 0 Å². The van der Waals surface area contributed by atoms with Crippen LogP contribution in [0.5, 0.6) is 0 Å². The summed E-state index contributed by atoms with van der Waals surface area (Å²) in [5, 5.41) is 3.47. The Morgan fingerprint density at radius 1 is 1.45 bits per heavy atom. The van der Waals surface area contributed by atoms with Crippen LogP contribution >= 0.6 is 0 Å². The van der Waals surface area contributed by atoms with Gasteiger partial charge in [0, 0.05) is 6.04 Å². The minimum absolute atomic E-state index is 0.665. The van der Waals surface area contributed by atoms with E-state index in [9.17, 15) is 0 Å². The van der Waals surface area contributed by atoms with Crippen LogP contribution in [-0.4, -0.2) is 12.6 Å². The number of allylic oxidation sites excluding steroid dienone is 1. The van der Waals surface area contributed by atoms with Crippen molar-refractivity contribution in [3.05, 3.63) is 12.7 Å². The van der Waals surface area contributed by atoms with E-state index in [0.29, 0.717) is 6.04 Å². The fourth-order valence-corrected chi connectivity index (χ4v) is 1.23. The lowest BCUT2D eigenvalue weighted by molar-refractivity contribution is 0.387. The van der Waals surface area contributed by atoms with E-state index in [1.54, 1.807) is 0 Å². The van der Waals surface area contributed by atoms with Gasteiger partial charge in [-0.05, 0) is 25.3 Å². The maximum atomic E-state index is 3.72. The van der Waals surface area contributed by atoms with Crippen molar-refractivity contribution in [2.45, 2.75) is 39.7 Å². The Kier molecular flexibility index (Phi) is 6.24. The first-order chi connectivity index (χ1) is 5.22. The molecule has 11 heavy (non-hydrogen) atoms. The van der Waals surface area contributed by atoms with Crippen molar-refractivity contribution >= 4 is 0 Å². The molecule has 0 spiro atoms. The summed E-state index contributed by atoms with van der Waals surface area (Å²) in [4.78, 5) is 0. The molecule has 1 nitrogen and oxygen atoms in total. The van der Waals surface area contributed by atoms with E-state index in [2.05, 4.69) is 32.7 Å². The summed E-state index contributed by atoms with van der Waals surface area (Å²) in [6, 6.07) is 0.665. The molecule has 0 heterocycles. The molecule has 0 aliphatic rings. The lowest BCUT2D eigenvalue weighted by Crippen LogP contribution is -2.33. The van der Waals surface area contributed by atoms with Crippen molar-refractivity contribution in [3.63, 3.8) is 0 Å². The average Bonchev–Trinajstić information content (AvgIpc) is 1.97. The van der Waals surface area contributed by atoms with Gasteiger partial charge in [0.15, 0.2) is 0 Å². The Hall–Kier alpha value is -0.300. The third kappa shape index (κ3) is 5.02. The van der Waals surface area contributed by atoms with Crippen molar-refractivity contribution in [3.8, 4) is 0 Å². The van der Waals surface area contributed by atoms with Crippen LogP contribution in [0.3, 0.4) is 0 Å². The van der Waals surface area contributed by atoms with E-state index in [-0.39, 0.29) is 0 Å². The van der Waals surface area contributed by atoms with Crippen molar-refractivity contribution in [2.24, 2.45) is 5.92 Å². The summed E-state index contributed by atoms with van der Waals surface area (Å²) in [7, 11) is 0. The lowest BCUT2D eigenvalue weighted by atomic mass is 9.99. The molecule has 0 saturated carbocycles. The molecular formula is C10H21N. The molecule has 0 aliphatic heterocycles. The second kappa shape index (κ2) is 6.41. The van der Waals surface area contributed by atoms with E-state index in [0.717, 1.165) is 18.9 Å². The van der Waals surface area contributed by atoms with Crippen LogP contribution < -0.4 is 5.32 Å². The number of nitrogens with one attached hydrogen (secondary N) is 1. The molecule has 0 saturated heterocycles. The van der Waals surface area contributed by atoms with Gasteiger partial charge in [0.25, 0.3) is 0 Å². The molecule has 66 valence electrons. The standard InChI is InChI=1S/C10H21N/c1-5-7-8-10(9(3)4)11-6-2/h5,9-11H,1,6-8H2,2-4H3. The first-order valence-electron chi connectivity index (χ1n) is 4.56. The fourth-order valence-electron chi connectivity index (χ4n) is 1.23. The Morgan fingerprint density at radius 2 is 2.09 bits per heavy atom. The summed E-state index contributed by atoms with van der Waals surface area (Å²) in [5.74, 6) is 0.731. The molecule has 0 aliphatic carbocycles. The number of hydrogen-bond donors (Lipinski definition) is 1. The topological polar surface area (TPSA) is 12.0 Å². The molecule has 1 atom stereocenters. The second-order valence-electron chi connectivity index (χ2n) is 3.27. The summed E-state index contributed by atoms with van der Waals surface area (Å²) < 4.78 is 0. The van der Waals surface area contributed by atoms with Gasteiger partial charge in [-0.25, -0.2) is 0 Å². The molecule has 0 fully saturated rings. The van der Waals surface area contributed by atoms with Gasteiger partial charge < -0.3 is 5.32 Å². The molecule has 0 aromatic heterocycles.